The fraction of sp³-hybridized carbons (Fsp3) is 0.471. The summed E-state index contributed by atoms with van der Waals surface area (Å²) in [7, 11) is 0. The van der Waals surface area contributed by atoms with Crippen molar-refractivity contribution >= 4 is 23.6 Å². The van der Waals surface area contributed by atoms with Gasteiger partial charge in [-0.2, -0.15) is 0 Å². The molecule has 7 heteroatoms. The summed E-state index contributed by atoms with van der Waals surface area (Å²) in [4.78, 5) is 39.1. The Bertz CT molecular complexity index is 637. The summed E-state index contributed by atoms with van der Waals surface area (Å²) in [5, 5.41) is 2.67. The lowest BCUT2D eigenvalue weighted by atomic mass is 10.1. The Balaban J connectivity index is 1.91. The zero-order valence-electron chi connectivity index (χ0n) is 14.3. The Kier molecular flexibility index (Phi) is 5.78. The van der Waals surface area contributed by atoms with E-state index in [1.807, 2.05) is 32.0 Å². The molecule has 0 spiro atoms. The minimum absolute atomic E-state index is 0.316. The highest BCUT2D eigenvalue weighted by atomic mass is 16.6. The highest BCUT2D eigenvalue weighted by molar-refractivity contribution is 6.39. The molecule has 1 fully saturated rings. The molecule has 0 radical (unpaired) electrons. The molecule has 0 bridgehead atoms. The van der Waals surface area contributed by atoms with Crippen molar-refractivity contribution in [3.05, 3.63) is 29.3 Å². The van der Waals surface area contributed by atoms with Crippen molar-refractivity contribution in [2.45, 2.75) is 20.8 Å². The van der Waals surface area contributed by atoms with Crippen LogP contribution in [0.5, 0.6) is 0 Å². The molecular weight excluding hydrogens is 310 g/mol. The van der Waals surface area contributed by atoms with E-state index < -0.39 is 11.8 Å². The van der Waals surface area contributed by atoms with Crippen LogP contribution in [0.4, 0.5) is 10.5 Å². The van der Waals surface area contributed by atoms with Gasteiger partial charge in [0.25, 0.3) is 0 Å². The van der Waals surface area contributed by atoms with Crippen LogP contribution in [0, 0.1) is 13.8 Å². The number of ether oxygens (including phenoxy) is 1. The topological polar surface area (TPSA) is 79.0 Å². The average molecular weight is 333 g/mol. The number of carbonyl (C=O) groups excluding carboxylic acids is 3. The van der Waals surface area contributed by atoms with Crippen LogP contribution in [0.2, 0.25) is 0 Å². The number of nitrogens with one attached hydrogen (secondary N) is 1. The highest BCUT2D eigenvalue weighted by Crippen LogP contribution is 2.16. The summed E-state index contributed by atoms with van der Waals surface area (Å²) in [5.41, 5.74) is 2.54. The van der Waals surface area contributed by atoms with Gasteiger partial charge in [-0.15, -0.1) is 0 Å². The van der Waals surface area contributed by atoms with Gasteiger partial charge in [0.15, 0.2) is 0 Å². The van der Waals surface area contributed by atoms with Crippen LogP contribution < -0.4 is 5.32 Å². The quantitative estimate of drug-likeness (QED) is 0.833. The molecule has 130 valence electrons. The summed E-state index contributed by atoms with van der Waals surface area (Å²) >= 11 is 0. The number of piperazine rings is 1. The molecule has 7 nitrogen and oxygen atoms in total. The molecule has 1 aliphatic heterocycles. The standard InChI is InChI=1S/C17H23N3O4/c1-4-24-17(23)20-9-7-19(8-10-20)16(22)15(21)18-14-11-12(2)5-6-13(14)3/h5-6,11H,4,7-10H2,1-3H3,(H,18,21). The highest BCUT2D eigenvalue weighted by Gasteiger charge is 2.28. The normalized spacial score (nSPS) is 14.3. The maximum atomic E-state index is 12.3. The minimum Gasteiger partial charge on any atom is -0.450 e. The first-order valence-electron chi connectivity index (χ1n) is 8.01. The molecule has 1 aromatic carbocycles. The summed E-state index contributed by atoms with van der Waals surface area (Å²) in [6.45, 7) is 7.22. The minimum atomic E-state index is -0.659. The number of amides is 3. The molecule has 1 aliphatic rings. The van der Waals surface area contributed by atoms with E-state index in [0.29, 0.717) is 38.5 Å². The van der Waals surface area contributed by atoms with Crippen LogP contribution in [0.15, 0.2) is 18.2 Å². The molecule has 2 rings (SSSR count). The fourth-order valence-corrected chi connectivity index (χ4v) is 2.50. The summed E-state index contributed by atoms with van der Waals surface area (Å²) < 4.78 is 4.93. The Labute approximate surface area is 141 Å². The van der Waals surface area contributed by atoms with Crippen LogP contribution in [0.25, 0.3) is 0 Å². The first-order valence-corrected chi connectivity index (χ1v) is 8.01. The van der Waals surface area contributed by atoms with Crippen molar-refractivity contribution in [3.63, 3.8) is 0 Å². The SMILES string of the molecule is CCOC(=O)N1CCN(C(=O)C(=O)Nc2cc(C)ccc2C)CC1. The number of benzene rings is 1. The van der Waals surface area contributed by atoms with Crippen LogP contribution in [0.3, 0.4) is 0 Å². The zero-order valence-corrected chi connectivity index (χ0v) is 14.3. The van der Waals surface area contributed by atoms with E-state index in [1.54, 1.807) is 6.92 Å². The lowest BCUT2D eigenvalue weighted by Gasteiger charge is -2.33. The molecule has 1 aromatic rings. The van der Waals surface area contributed by atoms with E-state index in [4.69, 9.17) is 4.74 Å². The second-order valence-electron chi connectivity index (χ2n) is 5.75. The molecule has 1 heterocycles. The van der Waals surface area contributed by atoms with Gasteiger partial charge >= 0.3 is 17.9 Å². The lowest BCUT2D eigenvalue weighted by Crippen LogP contribution is -2.53. The summed E-state index contributed by atoms with van der Waals surface area (Å²) in [5.74, 6) is -1.24. The zero-order chi connectivity index (χ0) is 17.7. The monoisotopic (exact) mass is 333 g/mol. The molecule has 1 saturated heterocycles. The number of carbonyl (C=O) groups is 3. The van der Waals surface area contributed by atoms with Gasteiger partial charge in [-0.05, 0) is 38.0 Å². The maximum Gasteiger partial charge on any atom is 0.409 e. The van der Waals surface area contributed by atoms with E-state index in [0.717, 1.165) is 11.1 Å². The largest absolute Gasteiger partial charge is 0.450 e. The van der Waals surface area contributed by atoms with Gasteiger partial charge in [0.2, 0.25) is 0 Å². The number of nitrogens with zero attached hydrogens (tertiary/aromatic N) is 2. The van der Waals surface area contributed by atoms with Gasteiger partial charge in [-0.25, -0.2) is 4.79 Å². The molecule has 1 N–H and O–H groups in total. The Hall–Kier alpha value is -2.57. The molecule has 0 aromatic heterocycles. The van der Waals surface area contributed by atoms with Crippen molar-refractivity contribution < 1.29 is 19.1 Å². The van der Waals surface area contributed by atoms with Crippen LogP contribution in [0.1, 0.15) is 18.1 Å². The first-order chi connectivity index (χ1) is 11.4. The molecule has 0 saturated carbocycles. The van der Waals surface area contributed by atoms with E-state index in [1.165, 1.54) is 9.80 Å². The number of hydrogen-bond acceptors (Lipinski definition) is 4. The van der Waals surface area contributed by atoms with Crippen LogP contribution >= 0.6 is 0 Å². The van der Waals surface area contributed by atoms with Crippen LogP contribution in [-0.2, 0) is 14.3 Å². The number of aryl methyl sites for hydroxylation is 2. The smallest absolute Gasteiger partial charge is 0.409 e. The number of anilines is 1. The predicted octanol–water partition coefficient (Wildman–Crippen LogP) is 1.54. The molecule has 24 heavy (non-hydrogen) atoms. The van der Waals surface area contributed by atoms with E-state index in [9.17, 15) is 14.4 Å². The number of hydrogen-bond donors (Lipinski definition) is 1. The lowest BCUT2D eigenvalue weighted by molar-refractivity contribution is -0.144. The third-order valence-electron chi connectivity index (χ3n) is 3.93. The molecule has 0 aliphatic carbocycles. The van der Waals surface area contributed by atoms with Gasteiger partial charge in [-0.3, -0.25) is 9.59 Å². The molecular formula is C17H23N3O4. The van der Waals surface area contributed by atoms with Crippen molar-refractivity contribution in [1.29, 1.82) is 0 Å². The molecule has 3 amide bonds. The predicted molar refractivity (Wildman–Crippen MR) is 89.7 cm³/mol. The maximum absolute atomic E-state index is 12.3. The van der Waals surface area contributed by atoms with E-state index >= 15 is 0 Å². The van der Waals surface area contributed by atoms with E-state index in [2.05, 4.69) is 5.32 Å². The molecule has 0 unspecified atom stereocenters. The van der Waals surface area contributed by atoms with Gasteiger partial charge < -0.3 is 19.9 Å². The third-order valence-corrected chi connectivity index (χ3v) is 3.93. The average Bonchev–Trinajstić information content (AvgIpc) is 2.57. The second-order valence-corrected chi connectivity index (χ2v) is 5.75. The summed E-state index contributed by atoms with van der Waals surface area (Å²) in [6, 6.07) is 5.67. The second kappa shape index (κ2) is 7.81. The number of rotatable bonds is 2. The summed E-state index contributed by atoms with van der Waals surface area (Å²) in [6.07, 6.45) is -0.385. The van der Waals surface area contributed by atoms with Crippen molar-refractivity contribution in [2.75, 3.05) is 38.1 Å². The first kappa shape index (κ1) is 17.8. The Morgan fingerprint density at radius 3 is 2.33 bits per heavy atom. The Morgan fingerprint density at radius 2 is 1.71 bits per heavy atom. The van der Waals surface area contributed by atoms with Crippen molar-refractivity contribution in [3.8, 4) is 0 Å². The molecule has 0 atom stereocenters. The van der Waals surface area contributed by atoms with Crippen molar-refractivity contribution in [1.82, 2.24) is 9.80 Å². The van der Waals surface area contributed by atoms with Crippen molar-refractivity contribution in [2.24, 2.45) is 0 Å². The van der Waals surface area contributed by atoms with Gasteiger partial charge in [0.1, 0.15) is 0 Å². The van der Waals surface area contributed by atoms with Gasteiger partial charge in [0, 0.05) is 31.9 Å². The van der Waals surface area contributed by atoms with Gasteiger partial charge in [-0.1, -0.05) is 12.1 Å². The van der Waals surface area contributed by atoms with Crippen LogP contribution in [-0.4, -0.2) is 60.5 Å². The van der Waals surface area contributed by atoms with E-state index in [-0.39, 0.29) is 6.09 Å². The fourth-order valence-electron chi connectivity index (χ4n) is 2.50. The van der Waals surface area contributed by atoms with Gasteiger partial charge in [0.05, 0.1) is 6.61 Å². The third kappa shape index (κ3) is 4.24. The Morgan fingerprint density at radius 1 is 1.08 bits per heavy atom.